The van der Waals surface area contributed by atoms with Crippen LogP contribution in [0.25, 0.3) is 11.3 Å². The van der Waals surface area contributed by atoms with E-state index in [2.05, 4.69) is 15.3 Å². The van der Waals surface area contributed by atoms with E-state index >= 15 is 0 Å². The van der Waals surface area contributed by atoms with Crippen molar-refractivity contribution < 1.29 is 9.90 Å². The number of benzene rings is 2. The number of amides is 1. The van der Waals surface area contributed by atoms with Crippen molar-refractivity contribution >= 4 is 17.7 Å². The molecule has 0 aliphatic carbocycles. The van der Waals surface area contributed by atoms with Crippen molar-refractivity contribution in [2.45, 2.75) is 13.5 Å². The van der Waals surface area contributed by atoms with Crippen molar-refractivity contribution in [2.75, 3.05) is 11.5 Å². The first kappa shape index (κ1) is 17.2. The highest BCUT2D eigenvalue weighted by Gasteiger charge is 2.11. The van der Waals surface area contributed by atoms with Gasteiger partial charge in [-0.3, -0.25) is 4.79 Å². The number of hydrogen-bond acceptors (Lipinski definition) is 6. The average molecular weight is 349 g/mol. The highest BCUT2D eigenvalue weighted by Crippen LogP contribution is 2.21. The number of phenols is 1. The van der Waals surface area contributed by atoms with E-state index < -0.39 is 0 Å². The van der Waals surface area contributed by atoms with Crippen molar-refractivity contribution in [3.05, 3.63) is 65.2 Å². The van der Waals surface area contributed by atoms with Crippen molar-refractivity contribution in [2.24, 2.45) is 0 Å². The third-order valence-electron chi connectivity index (χ3n) is 3.84. The topological polar surface area (TPSA) is 127 Å². The Bertz CT molecular complexity index is 952. The van der Waals surface area contributed by atoms with Crippen LogP contribution in [0.4, 0.5) is 11.8 Å². The number of aromatic nitrogens is 2. The zero-order chi connectivity index (χ0) is 18.7. The number of nitrogens with one attached hydrogen (secondary N) is 1. The zero-order valence-electron chi connectivity index (χ0n) is 14.2. The molecule has 6 N–H and O–H groups in total. The number of nitrogens with zero attached hydrogens (tertiary/aromatic N) is 2. The third-order valence-corrected chi connectivity index (χ3v) is 3.84. The largest absolute Gasteiger partial charge is 0.507 e. The standard InChI is InChI=1S/C19H19N5O2/c1-11-5-6-16(25)14(7-11)18(26)22-10-12-3-2-4-13(8-12)15-9-17(20)24-19(21)23-15/h2-9,25H,10H2,1H3,(H,22,26)(H4,20,21,23,24). The Labute approximate surface area is 150 Å². The van der Waals surface area contributed by atoms with Gasteiger partial charge in [-0.05, 0) is 30.7 Å². The summed E-state index contributed by atoms with van der Waals surface area (Å²) >= 11 is 0. The molecule has 3 aromatic rings. The highest BCUT2D eigenvalue weighted by atomic mass is 16.3. The van der Waals surface area contributed by atoms with E-state index in [9.17, 15) is 9.90 Å². The molecule has 0 spiro atoms. The maximum Gasteiger partial charge on any atom is 0.255 e. The summed E-state index contributed by atoms with van der Waals surface area (Å²) in [6.07, 6.45) is 0. The van der Waals surface area contributed by atoms with Gasteiger partial charge in [-0.1, -0.05) is 29.8 Å². The van der Waals surface area contributed by atoms with Gasteiger partial charge < -0.3 is 21.9 Å². The van der Waals surface area contributed by atoms with Crippen LogP contribution in [-0.2, 0) is 6.54 Å². The van der Waals surface area contributed by atoms with Crippen LogP contribution in [0.2, 0.25) is 0 Å². The molecule has 1 amide bonds. The first-order valence-electron chi connectivity index (χ1n) is 7.99. The predicted molar refractivity (Wildman–Crippen MR) is 100 cm³/mol. The van der Waals surface area contributed by atoms with Gasteiger partial charge in [-0.2, -0.15) is 4.98 Å². The molecule has 0 aliphatic rings. The lowest BCUT2D eigenvalue weighted by molar-refractivity contribution is 0.0948. The zero-order valence-corrected chi connectivity index (χ0v) is 14.2. The van der Waals surface area contributed by atoms with E-state index in [-0.39, 0.29) is 23.2 Å². The Hall–Kier alpha value is -3.61. The summed E-state index contributed by atoms with van der Waals surface area (Å²) < 4.78 is 0. The summed E-state index contributed by atoms with van der Waals surface area (Å²) in [7, 11) is 0. The van der Waals surface area contributed by atoms with Gasteiger partial charge in [0, 0.05) is 18.2 Å². The summed E-state index contributed by atoms with van der Waals surface area (Å²) in [6, 6.07) is 14.0. The van der Waals surface area contributed by atoms with Crippen LogP contribution in [0.5, 0.6) is 5.75 Å². The van der Waals surface area contributed by atoms with Crippen LogP contribution in [0.3, 0.4) is 0 Å². The van der Waals surface area contributed by atoms with E-state index in [1.807, 2.05) is 31.2 Å². The Morgan fingerprint density at radius 1 is 1.12 bits per heavy atom. The molecule has 26 heavy (non-hydrogen) atoms. The number of rotatable bonds is 4. The van der Waals surface area contributed by atoms with Crippen LogP contribution in [0, 0.1) is 6.92 Å². The molecule has 0 fully saturated rings. The SMILES string of the molecule is Cc1ccc(O)c(C(=O)NCc2cccc(-c3cc(N)nc(N)n3)c2)c1. The average Bonchev–Trinajstić information content (AvgIpc) is 2.61. The number of carbonyl (C=O) groups excluding carboxylic acids is 1. The molecule has 2 aromatic carbocycles. The molecule has 0 bridgehead atoms. The lowest BCUT2D eigenvalue weighted by Crippen LogP contribution is -2.23. The number of aromatic hydroxyl groups is 1. The number of nitrogens with two attached hydrogens (primary N) is 2. The maximum absolute atomic E-state index is 12.3. The van der Waals surface area contributed by atoms with Crippen molar-refractivity contribution in [1.29, 1.82) is 0 Å². The number of aryl methyl sites for hydroxylation is 1. The van der Waals surface area contributed by atoms with Gasteiger partial charge in [0.25, 0.3) is 5.91 Å². The number of carbonyl (C=O) groups is 1. The summed E-state index contributed by atoms with van der Waals surface area (Å²) in [5.74, 6) is 0.00988. The molecule has 0 saturated carbocycles. The van der Waals surface area contributed by atoms with Gasteiger partial charge in [0.15, 0.2) is 0 Å². The number of anilines is 2. The fourth-order valence-electron chi connectivity index (χ4n) is 2.58. The Kier molecular flexibility index (Phi) is 4.70. The van der Waals surface area contributed by atoms with Crippen LogP contribution < -0.4 is 16.8 Å². The van der Waals surface area contributed by atoms with Crippen LogP contribution in [0.1, 0.15) is 21.5 Å². The molecule has 1 heterocycles. The number of hydrogen-bond donors (Lipinski definition) is 4. The molecule has 132 valence electrons. The van der Waals surface area contributed by atoms with E-state index in [0.717, 1.165) is 16.7 Å². The molecular weight excluding hydrogens is 330 g/mol. The summed E-state index contributed by atoms with van der Waals surface area (Å²) in [5, 5.41) is 12.7. The monoisotopic (exact) mass is 349 g/mol. The normalized spacial score (nSPS) is 10.5. The minimum absolute atomic E-state index is 0.0474. The fraction of sp³-hybridized carbons (Fsp3) is 0.105. The summed E-state index contributed by atoms with van der Waals surface area (Å²) in [5.41, 5.74) is 14.8. The molecule has 7 nitrogen and oxygen atoms in total. The second-order valence-corrected chi connectivity index (χ2v) is 5.94. The van der Waals surface area contributed by atoms with Crippen molar-refractivity contribution in [1.82, 2.24) is 15.3 Å². The van der Waals surface area contributed by atoms with Crippen molar-refractivity contribution in [3.8, 4) is 17.0 Å². The first-order chi connectivity index (χ1) is 12.4. The molecule has 0 saturated heterocycles. The fourth-order valence-corrected chi connectivity index (χ4v) is 2.58. The quantitative estimate of drug-likeness (QED) is 0.572. The molecule has 0 atom stereocenters. The highest BCUT2D eigenvalue weighted by molar-refractivity contribution is 5.96. The number of nitrogen functional groups attached to an aromatic ring is 2. The molecule has 0 unspecified atom stereocenters. The van der Waals surface area contributed by atoms with Crippen molar-refractivity contribution in [3.63, 3.8) is 0 Å². The van der Waals surface area contributed by atoms with E-state index in [1.54, 1.807) is 18.2 Å². The molecule has 7 heteroatoms. The molecule has 0 aliphatic heterocycles. The van der Waals surface area contributed by atoms with Crippen LogP contribution >= 0.6 is 0 Å². The summed E-state index contributed by atoms with van der Waals surface area (Å²) in [6.45, 7) is 2.16. The predicted octanol–water partition coefficient (Wildman–Crippen LogP) is 2.25. The lowest BCUT2D eigenvalue weighted by Gasteiger charge is -2.09. The van der Waals surface area contributed by atoms with Gasteiger partial charge >= 0.3 is 0 Å². The third kappa shape index (κ3) is 3.89. The molecule has 3 rings (SSSR count). The molecule has 0 radical (unpaired) electrons. The van der Waals surface area contributed by atoms with E-state index in [4.69, 9.17) is 11.5 Å². The summed E-state index contributed by atoms with van der Waals surface area (Å²) in [4.78, 5) is 20.3. The van der Waals surface area contributed by atoms with Gasteiger partial charge in [-0.15, -0.1) is 0 Å². The Morgan fingerprint density at radius 2 is 1.92 bits per heavy atom. The maximum atomic E-state index is 12.3. The van der Waals surface area contributed by atoms with E-state index in [1.165, 1.54) is 6.07 Å². The Morgan fingerprint density at radius 3 is 2.69 bits per heavy atom. The smallest absolute Gasteiger partial charge is 0.255 e. The van der Waals surface area contributed by atoms with Gasteiger partial charge in [0.2, 0.25) is 5.95 Å². The Balaban J connectivity index is 1.77. The van der Waals surface area contributed by atoms with Gasteiger partial charge in [0.05, 0.1) is 11.3 Å². The second kappa shape index (κ2) is 7.10. The van der Waals surface area contributed by atoms with Crippen LogP contribution in [-0.4, -0.2) is 21.0 Å². The lowest BCUT2D eigenvalue weighted by atomic mass is 10.1. The molecular formula is C19H19N5O2. The van der Waals surface area contributed by atoms with Gasteiger partial charge in [-0.25, -0.2) is 4.98 Å². The molecule has 1 aromatic heterocycles. The first-order valence-corrected chi connectivity index (χ1v) is 7.99. The van der Waals surface area contributed by atoms with E-state index in [0.29, 0.717) is 18.1 Å². The van der Waals surface area contributed by atoms with Gasteiger partial charge in [0.1, 0.15) is 11.6 Å². The minimum atomic E-state index is -0.341. The minimum Gasteiger partial charge on any atom is -0.507 e. The van der Waals surface area contributed by atoms with Crippen LogP contribution in [0.15, 0.2) is 48.5 Å². The second-order valence-electron chi connectivity index (χ2n) is 5.94. The number of phenolic OH excluding ortho intramolecular Hbond substituents is 1.